The van der Waals surface area contributed by atoms with E-state index in [9.17, 15) is 0 Å². The molecule has 1 aliphatic rings. The number of ether oxygens (including phenoxy) is 1. The molecule has 2 heteroatoms. The monoisotopic (exact) mass is 225 g/mol. The minimum Gasteiger partial charge on any atom is -0.487 e. The van der Waals surface area contributed by atoms with Crippen LogP contribution in [0.15, 0.2) is 42.6 Å². The molecule has 2 nitrogen and oxygen atoms in total. The van der Waals surface area contributed by atoms with Crippen LogP contribution in [0.4, 0.5) is 0 Å². The first-order valence-electron chi connectivity index (χ1n) is 6.06. The highest BCUT2D eigenvalue weighted by atomic mass is 16.5. The number of rotatable bonds is 3. The van der Waals surface area contributed by atoms with Gasteiger partial charge in [-0.15, -0.1) is 0 Å². The Bertz CT molecular complexity index is 508. The summed E-state index contributed by atoms with van der Waals surface area (Å²) >= 11 is 0. The van der Waals surface area contributed by atoms with Crippen LogP contribution in [0.25, 0.3) is 0 Å². The van der Waals surface area contributed by atoms with E-state index < -0.39 is 0 Å². The van der Waals surface area contributed by atoms with E-state index in [-0.39, 0.29) is 0 Å². The second-order valence-electron chi connectivity index (χ2n) is 4.40. The summed E-state index contributed by atoms with van der Waals surface area (Å²) in [5.74, 6) is 0.884. The zero-order chi connectivity index (χ0) is 11.5. The Kier molecular flexibility index (Phi) is 2.78. The predicted molar refractivity (Wildman–Crippen MR) is 67.0 cm³/mol. The number of aromatic nitrogens is 1. The van der Waals surface area contributed by atoms with Crippen molar-refractivity contribution in [2.45, 2.75) is 25.9 Å². The fourth-order valence-electron chi connectivity index (χ4n) is 2.22. The van der Waals surface area contributed by atoms with Crippen molar-refractivity contribution in [3.05, 3.63) is 59.4 Å². The standard InChI is InChI=1S/C15H15NO/c1-2-5-12(6-3-1)11-17-14-9-13-7-4-8-15(13)16-10-14/h1-3,5-6,9-10H,4,7-8,11H2. The normalized spacial score (nSPS) is 13.4. The minimum atomic E-state index is 0.612. The summed E-state index contributed by atoms with van der Waals surface area (Å²) in [6, 6.07) is 12.3. The number of hydrogen-bond donors (Lipinski definition) is 0. The van der Waals surface area contributed by atoms with Crippen LogP contribution in [-0.4, -0.2) is 4.98 Å². The van der Waals surface area contributed by atoms with Crippen molar-refractivity contribution in [3.8, 4) is 5.75 Å². The van der Waals surface area contributed by atoms with E-state index in [0.29, 0.717) is 6.61 Å². The number of pyridine rings is 1. The first-order valence-corrected chi connectivity index (χ1v) is 6.06. The van der Waals surface area contributed by atoms with Gasteiger partial charge in [-0.25, -0.2) is 0 Å². The number of nitrogens with zero attached hydrogens (tertiary/aromatic N) is 1. The van der Waals surface area contributed by atoms with E-state index in [1.165, 1.54) is 23.2 Å². The lowest BCUT2D eigenvalue weighted by Gasteiger charge is -2.07. The third kappa shape index (κ3) is 2.31. The van der Waals surface area contributed by atoms with Gasteiger partial charge in [0.05, 0.1) is 6.20 Å². The average molecular weight is 225 g/mol. The number of aryl methyl sites for hydroxylation is 2. The van der Waals surface area contributed by atoms with Crippen molar-refractivity contribution in [2.24, 2.45) is 0 Å². The molecule has 2 aromatic rings. The molecule has 1 aromatic carbocycles. The van der Waals surface area contributed by atoms with Crippen LogP contribution >= 0.6 is 0 Å². The lowest BCUT2D eigenvalue weighted by Crippen LogP contribution is -1.97. The maximum Gasteiger partial charge on any atom is 0.138 e. The molecular weight excluding hydrogens is 210 g/mol. The van der Waals surface area contributed by atoms with E-state index in [1.54, 1.807) is 0 Å². The zero-order valence-electron chi connectivity index (χ0n) is 9.73. The van der Waals surface area contributed by atoms with Gasteiger partial charge in [-0.05, 0) is 36.5 Å². The molecule has 0 unspecified atom stereocenters. The van der Waals surface area contributed by atoms with Crippen molar-refractivity contribution < 1.29 is 4.74 Å². The molecule has 0 spiro atoms. The molecule has 0 atom stereocenters. The topological polar surface area (TPSA) is 22.1 Å². The summed E-state index contributed by atoms with van der Waals surface area (Å²) < 4.78 is 5.75. The number of benzene rings is 1. The van der Waals surface area contributed by atoms with Gasteiger partial charge in [0.15, 0.2) is 0 Å². The van der Waals surface area contributed by atoms with E-state index in [2.05, 4.69) is 23.2 Å². The summed E-state index contributed by atoms with van der Waals surface area (Å²) in [5, 5.41) is 0. The SMILES string of the molecule is c1ccc(COc2cnc3c(c2)CCC3)cc1. The molecule has 86 valence electrons. The molecule has 3 rings (SSSR count). The largest absolute Gasteiger partial charge is 0.487 e. The summed E-state index contributed by atoms with van der Waals surface area (Å²) in [4.78, 5) is 4.45. The molecule has 0 bridgehead atoms. The lowest BCUT2D eigenvalue weighted by molar-refractivity contribution is 0.304. The molecule has 1 aromatic heterocycles. The third-order valence-electron chi connectivity index (χ3n) is 3.14. The van der Waals surface area contributed by atoms with Crippen LogP contribution in [0, 0.1) is 0 Å². The quantitative estimate of drug-likeness (QED) is 0.800. The van der Waals surface area contributed by atoms with Crippen LogP contribution in [0.3, 0.4) is 0 Å². The fraction of sp³-hybridized carbons (Fsp3) is 0.267. The van der Waals surface area contributed by atoms with E-state index in [1.807, 2.05) is 24.4 Å². The van der Waals surface area contributed by atoms with Crippen LogP contribution in [0.2, 0.25) is 0 Å². The highest BCUT2D eigenvalue weighted by Gasteiger charge is 2.12. The first kappa shape index (κ1) is 10.3. The number of fused-ring (bicyclic) bond motifs is 1. The Morgan fingerprint density at radius 3 is 2.88 bits per heavy atom. The van der Waals surface area contributed by atoms with E-state index in [0.717, 1.165) is 18.6 Å². The third-order valence-corrected chi connectivity index (χ3v) is 3.14. The smallest absolute Gasteiger partial charge is 0.138 e. The van der Waals surface area contributed by atoms with Gasteiger partial charge in [0, 0.05) is 5.69 Å². The summed E-state index contributed by atoms with van der Waals surface area (Å²) in [6.45, 7) is 0.612. The molecule has 0 fully saturated rings. The molecule has 17 heavy (non-hydrogen) atoms. The number of hydrogen-bond acceptors (Lipinski definition) is 2. The molecule has 1 aliphatic carbocycles. The second-order valence-corrected chi connectivity index (χ2v) is 4.40. The average Bonchev–Trinajstić information content (AvgIpc) is 2.85. The van der Waals surface area contributed by atoms with Gasteiger partial charge in [0.25, 0.3) is 0 Å². The van der Waals surface area contributed by atoms with Crippen molar-refractivity contribution in [2.75, 3.05) is 0 Å². The van der Waals surface area contributed by atoms with Gasteiger partial charge >= 0.3 is 0 Å². The summed E-state index contributed by atoms with van der Waals surface area (Å²) in [5.41, 5.74) is 3.79. The van der Waals surface area contributed by atoms with E-state index in [4.69, 9.17) is 4.74 Å². The molecule has 0 saturated carbocycles. The maximum atomic E-state index is 5.75. The van der Waals surface area contributed by atoms with Crippen molar-refractivity contribution in [1.29, 1.82) is 0 Å². The van der Waals surface area contributed by atoms with E-state index >= 15 is 0 Å². The molecule has 0 aliphatic heterocycles. The van der Waals surface area contributed by atoms with Crippen molar-refractivity contribution in [3.63, 3.8) is 0 Å². The minimum absolute atomic E-state index is 0.612. The van der Waals surface area contributed by atoms with Gasteiger partial charge < -0.3 is 4.74 Å². The predicted octanol–water partition coefficient (Wildman–Crippen LogP) is 3.15. The Hall–Kier alpha value is -1.83. The van der Waals surface area contributed by atoms with Crippen LogP contribution in [-0.2, 0) is 19.4 Å². The van der Waals surface area contributed by atoms with Gasteiger partial charge in [-0.2, -0.15) is 0 Å². The van der Waals surface area contributed by atoms with Crippen molar-refractivity contribution >= 4 is 0 Å². The molecule has 0 saturated heterocycles. The Balaban J connectivity index is 1.70. The van der Waals surface area contributed by atoms with Crippen LogP contribution in [0.1, 0.15) is 23.2 Å². The fourth-order valence-corrected chi connectivity index (χ4v) is 2.22. The molecule has 0 N–H and O–H groups in total. The Morgan fingerprint density at radius 2 is 2.00 bits per heavy atom. The summed E-state index contributed by atoms with van der Waals surface area (Å²) in [6.07, 6.45) is 5.33. The second kappa shape index (κ2) is 4.58. The highest BCUT2D eigenvalue weighted by Crippen LogP contribution is 2.24. The molecular formula is C15H15NO. The van der Waals surface area contributed by atoms with Gasteiger partial charge in [-0.3, -0.25) is 4.98 Å². The van der Waals surface area contributed by atoms with Gasteiger partial charge in [-0.1, -0.05) is 30.3 Å². The molecule has 1 heterocycles. The van der Waals surface area contributed by atoms with Gasteiger partial charge in [0.2, 0.25) is 0 Å². The highest BCUT2D eigenvalue weighted by molar-refractivity contribution is 5.32. The van der Waals surface area contributed by atoms with Crippen LogP contribution < -0.4 is 4.74 Å². The van der Waals surface area contributed by atoms with Crippen LogP contribution in [0.5, 0.6) is 5.75 Å². The Morgan fingerprint density at radius 1 is 1.12 bits per heavy atom. The van der Waals surface area contributed by atoms with Crippen molar-refractivity contribution in [1.82, 2.24) is 4.98 Å². The first-order chi connectivity index (χ1) is 8.42. The maximum absolute atomic E-state index is 5.75. The molecule has 0 amide bonds. The molecule has 0 radical (unpaired) electrons. The lowest BCUT2D eigenvalue weighted by atomic mass is 10.2. The zero-order valence-corrected chi connectivity index (χ0v) is 9.73. The summed E-state index contributed by atoms with van der Waals surface area (Å²) in [7, 11) is 0. The Labute approximate surface area is 101 Å². The van der Waals surface area contributed by atoms with Gasteiger partial charge in [0.1, 0.15) is 12.4 Å².